The topological polar surface area (TPSA) is 94.4 Å². The van der Waals surface area contributed by atoms with Crippen LogP contribution in [0, 0.1) is 10.1 Å². The fourth-order valence-corrected chi connectivity index (χ4v) is 2.71. The minimum Gasteiger partial charge on any atom is -0.496 e. The maximum Gasteiger partial charge on any atom is 0.269 e. The molecule has 0 atom stereocenters. The summed E-state index contributed by atoms with van der Waals surface area (Å²) in [6.07, 6.45) is 1.62. The number of nitrogens with one attached hydrogen (secondary N) is 1. The van der Waals surface area contributed by atoms with E-state index < -0.39 is 4.92 Å². The molecular formula is C19H14ClN3O4. The Morgan fingerprint density at radius 3 is 2.56 bits per heavy atom. The molecule has 0 saturated carbocycles. The zero-order valence-corrected chi connectivity index (χ0v) is 14.9. The number of non-ortho nitro benzene ring substituents is 1. The number of methoxy groups -OCH3 is 1. The third-order valence-electron chi connectivity index (χ3n) is 3.81. The highest BCUT2D eigenvalue weighted by Gasteiger charge is 2.15. The Hall–Kier alpha value is -3.45. The van der Waals surface area contributed by atoms with Gasteiger partial charge < -0.3 is 10.1 Å². The van der Waals surface area contributed by atoms with Crippen LogP contribution in [0.25, 0.3) is 11.3 Å². The highest BCUT2D eigenvalue weighted by Crippen LogP contribution is 2.33. The van der Waals surface area contributed by atoms with Gasteiger partial charge in [-0.2, -0.15) is 0 Å². The lowest BCUT2D eigenvalue weighted by molar-refractivity contribution is -0.384. The van der Waals surface area contributed by atoms with Gasteiger partial charge in [0.05, 0.1) is 22.7 Å². The molecule has 0 bridgehead atoms. The van der Waals surface area contributed by atoms with Crippen molar-refractivity contribution in [2.24, 2.45) is 0 Å². The number of nitrogens with zero attached hydrogens (tertiary/aromatic N) is 2. The van der Waals surface area contributed by atoms with Gasteiger partial charge in [-0.25, -0.2) is 0 Å². The maximum atomic E-state index is 12.5. The van der Waals surface area contributed by atoms with Gasteiger partial charge in [-0.3, -0.25) is 19.9 Å². The molecule has 3 rings (SSSR count). The van der Waals surface area contributed by atoms with E-state index in [9.17, 15) is 14.9 Å². The van der Waals surface area contributed by atoms with Crippen LogP contribution in [0.4, 0.5) is 11.4 Å². The molecule has 7 nitrogen and oxygen atoms in total. The summed E-state index contributed by atoms with van der Waals surface area (Å²) >= 11 is 6.19. The van der Waals surface area contributed by atoms with Gasteiger partial charge in [-0.1, -0.05) is 11.6 Å². The molecule has 0 radical (unpaired) electrons. The van der Waals surface area contributed by atoms with Crippen molar-refractivity contribution in [1.82, 2.24) is 4.98 Å². The smallest absolute Gasteiger partial charge is 0.269 e. The predicted molar refractivity (Wildman–Crippen MR) is 102 cm³/mol. The van der Waals surface area contributed by atoms with E-state index in [4.69, 9.17) is 16.3 Å². The fourth-order valence-electron chi connectivity index (χ4n) is 2.48. The van der Waals surface area contributed by atoms with Gasteiger partial charge in [0, 0.05) is 35.1 Å². The van der Waals surface area contributed by atoms with E-state index in [1.54, 1.807) is 36.5 Å². The van der Waals surface area contributed by atoms with E-state index in [1.807, 2.05) is 0 Å². The van der Waals surface area contributed by atoms with E-state index >= 15 is 0 Å². The molecule has 0 unspecified atom stereocenters. The van der Waals surface area contributed by atoms with Gasteiger partial charge in [0.15, 0.2) is 0 Å². The number of anilines is 1. The molecular weight excluding hydrogens is 370 g/mol. The number of carbonyl (C=O) groups is 1. The SMILES string of the molecule is COc1cc(C(=O)Nc2ccc([N+](=O)[O-])cc2)ccc1-c1ncccc1Cl. The molecule has 0 aliphatic carbocycles. The summed E-state index contributed by atoms with van der Waals surface area (Å²) in [4.78, 5) is 26.9. The third kappa shape index (κ3) is 4.04. The molecule has 0 spiro atoms. The molecule has 1 heterocycles. The summed E-state index contributed by atoms with van der Waals surface area (Å²) in [5, 5.41) is 13.8. The van der Waals surface area contributed by atoms with Crippen molar-refractivity contribution < 1.29 is 14.5 Å². The van der Waals surface area contributed by atoms with Crippen LogP contribution >= 0.6 is 11.6 Å². The number of benzene rings is 2. The summed E-state index contributed by atoms with van der Waals surface area (Å²) < 4.78 is 5.38. The van der Waals surface area contributed by atoms with Crippen LogP contribution in [0.15, 0.2) is 60.8 Å². The Balaban J connectivity index is 1.85. The van der Waals surface area contributed by atoms with Crippen molar-refractivity contribution in [2.75, 3.05) is 12.4 Å². The molecule has 3 aromatic rings. The quantitative estimate of drug-likeness (QED) is 0.514. The first-order valence-electron chi connectivity index (χ1n) is 7.84. The minimum atomic E-state index is -0.502. The summed E-state index contributed by atoms with van der Waals surface area (Å²) in [7, 11) is 1.49. The van der Waals surface area contributed by atoms with Crippen LogP contribution in [0.2, 0.25) is 5.02 Å². The van der Waals surface area contributed by atoms with Crippen molar-refractivity contribution in [3.05, 3.63) is 81.5 Å². The first-order valence-corrected chi connectivity index (χ1v) is 8.22. The van der Waals surface area contributed by atoms with E-state index in [-0.39, 0.29) is 11.6 Å². The number of hydrogen-bond donors (Lipinski definition) is 1. The van der Waals surface area contributed by atoms with Crippen molar-refractivity contribution in [3.63, 3.8) is 0 Å². The second-order valence-corrected chi connectivity index (χ2v) is 5.91. The normalized spacial score (nSPS) is 10.3. The van der Waals surface area contributed by atoms with Crippen LogP contribution < -0.4 is 10.1 Å². The Bertz CT molecular complexity index is 1010. The first-order chi connectivity index (χ1) is 13.0. The summed E-state index contributed by atoms with van der Waals surface area (Å²) in [6, 6.07) is 13.9. The van der Waals surface area contributed by atoms with Crippen LogP contribution in [-0.2, 0) is 0 Å². The van der Waals surface area contributed by atoms with E-state index in [0.717, 1.165) is 0 Å². The zero-order chi connectivity index (χ0) is 19.4. The number of pyridine rings is 1. The number of hydrogen-bond acceptors (Lipinski definition) is 5. The molecule has 8 heteroatoms. The molecule has 1 amide bonds. The van der Waals surface area contributed by atoms with Gasteiger partial charge in [-0.05, 0) is 42.5 Å². The lowest BCUT2D eigenvalue weighted by atomic mass is 10.1. The minimum absolute atomic E-state index is 0.0498. The Kier molecular flexibility index (Phi) is 5.33. The molecule has 27 heavy (non-hydrogen) atoms. The highest BCUT2D eigenvalue weighted by atomic mass is 35.5. The largest absolute Gasteiger partial charge is 0.496 e. The van der Waals surface area contributed by atoms with Gasteiger partial charge in [0.1, 0.15) is 5.75 Å². The predicted octanol–water partition coefficient (Wildman–Crippen LogP) is 4.57. The average Bonchev–Trinajstić information content (AvgIpc) is 2.68. The molecule has 1 aromatic heterocycles. The zero-order valence-electron chi connectivity index (χ0n) is 14.2. The number of amides is 1. The number of aromatic nitrogens is 1. The fraction of sp³-hybridized carbons (Fsp3) is 0.0526. The van der Waals surface area contributed by atoms with Crippen molar-refractivity contribution >= 4 is 28.9 Å². The summed E-state index contributed by atoms with van der Waals surface area (Å²) in [5.74, 6) is 0.0766. The Morgan fingerprint density at radius 2 is 1.93 bits per heavy atom. The number of halogens is 1. The monoisotopic (exact) mass is 383 g/mol. The summed E-state index contributed by atoms with van der Waals surface area (Å²) in [5.41, 5.74) is 1.97. The molecule has 136 valence electrons. The molecule has 2 aromatic carbocycles. The summed E-state index contributed by atoms with van der Waals surface area (Å²) in [6.45, 7) is 0. The van der Waals surface area contributed by atoms with Crippen LogP contribution in [0.1, 0.15) is 10.4 Å². The maximum absolute atomic E-state index is 12.5. The second kappa shape index (κ2) is 7.84. The van der Waals surface area contributed by atoms with Crippen LogP contribution in [0.5, 0.6) is 5.75 Å². The number of nitro benzene ring substituents is 1. The number of carbonyl (C=O) groups excluding carboxylic acids is 1. The molecule has 0 saturated heterocycles. The molecule has 0 aliphatic rings. The molecule has 0 fully saturated rings. The standard InChI is InChI=1S/C19H14ClN3O4/c1-27-17-11-12(4-9-15(17)18-16(20)3-2-10-21-18)19(24)22-13-5-7-14(8-6-13)23(25)26/h2-11H,1H3,(H,22,24). The van der Waals surface area contributed by atoms with E-state index in [0.29, 0.717) is 33.3 Å². The number of nitro groups is 1. The molecule has 1 N–H and O–H groups in total. The average molecular weight is 384 g/mol. The van der Waals surface area contributed by atoms with E-state index in [2.05, 4.69) is 10.3 Å². The molecule has 0 aliphatic heterocycles. The lowest BCUT2D eigenvalue weighted by Crippen LogP contribution is -2.12. The Morgan fingerprint density at radius 1 is 1.19 bits per heavy atom. The highest BCUT2D eigenvalue weighted by molar-refractivity contribution is 6.33. The van der Waals surface area contributed by atoms with Gasteiger partial charge >= 0.3 is 0 Å². The van der Waals surface area contributed by atoms with Gasteiger partial charge in [0.25, 0.3) is 11.6 Å². The second-order valence-electron chi connectivity index (χ2n) is 5.51. The lowest BCUT2D eigenvalue weighted by Gasteiger charge is -2.11. The van der Waals surface area contributed by atoms with Crippen molar-refractivity contribution in [3.8, 4) is 17.0 Å². The van der Waals surface area contributed by atoms with Gasteiger partial charge in [0.2, 0.25) is 0 Å². The van der Waals surface area contributed by atoms with Crippen LogP contribution in [0.3, 0.4) is 0 Å². The third-order valence-corrected chi connectivity index (χ3v) is 4.12. The first kappa shape index (κ1) is 18.3. The van der Waals surface area contributed by atoms with E-state index in [1.165, 1.54) is 31.4 Å². The number of ether oxygens (including phenoxy) is 1. The van der Waals surface area contributed by atoms with Crippen molar-refractivity contribution in [2.45, 2.75) is 0 Å². The number of rotatable bonds is 5. The van der Waals surface area contributed by atoms with Crippen molar-refractivity contribution in [1.29, 1.82) is 0 Å². The van der Waals surface area contributed by atoms with Crippen LogP contribution in [-0.4, -0.2) is 22.9 Å². The Labute approximate surface area is 159 Å². The van der Waals surface area contributed by atoms with Gasteiger partial charge in [-0.15, -0.1) is 0 Å².